The smallest absolute Gasteiger partial charge is 0.323 e. The van der Waals surface area contributed by atoms with Crippen LogP contribution < -0.4 is 9.64 Å². The minimum absolute atomic E-state index is 0.0367. The molecule has 2 aliphatic heterocycles. The number of likely N-dealkylation sites (tertiary alicyclic amines) is 1. The van der Waals surface area contributed by atoms with Gasteiger partial charge in [0, 0.05) is 0 Å². The summed E-state index contributed by atoms with van der Waals surface area (Å²) < 4.78 is 10.9. The Kier molecular flexibility index (Phi) is 5.81. The Morgan fingerprint density at radius 1 is 1.07 bits per heavy atom. The highest BCUT2D eigenvalue weighted by Crippen LogP contribution is 2.39. The molecule has 0 N–H and O–H groups in total. The van der Waals surface area contributed by atoms with E-state index in [0.717, 1.165) is 30.5 Å². The summed E-state index contributed by atoms with van der Waals surface area (Å²) in [7, 11) is 1.40. The molecule has 0 saturated carbocycles. The number of para-hydroxylation sites is 2. The molecular weight excluding hydrogens is 368 g/mol. The van der Waals surface area contributed by atoms with Gasteiger partial charge in [0.15, 0.2) is 0 Å². The maximum absolute atomic E-state index is 13.5. The number of carbonyl (C=O) groups is 2. The Hall–Kier alpha value is -2.86. The summed E-state index contributed by atoms with van der Waals surface area (Å²) >= 11 is 0. The number of piperidine rings is 1. The molecule has 1 fully saturated rings. The minimum atomic E-state index is -0.357. The third-order valence-electron chi connectivity index (χ3n) is 5.71. The van der Waals surface area contributed by atoms with Crippen LogP contribution in [0.4, 0.5) is 5.69 Å². The van der Waals surface area contributed by atoms with E-state index in [1.165, 1.54) is 7.11 Å². The lowest BCUT2D eigenvalue weighted by Gasteiger charge is -2.40. The largest absolute Gasteiger partial charge is 0.489 e. The SMILES string of the molecule is COC(=O)[C@@H]1CCCCN1CC(=O)N1c2ccccc2OC[C@H]1c1ccccc1. The Labute approximate surface area is 171 Å². The van der Waals surface area contributed by atoms with E-state index in [1.54, 1.807) is 0 Å². The number of benzene rings is 2. The number of hydrogen-bond donors (Lipinski definition) is 0. The van der Waals surface area contributed by atoms with Crippen molar-refractivity contribution >= 4 is 17.6 Å². The number of amides is 1. The molecule has 0 spiro atoms. The third kappa shape index (κ3) is 3.98. The van der Waals surface area contributed by atoms with Crippen LogP contribution in [0.15, 0.2) is 54.6 Å². The summed E-state index contributed by atoms with van der Waals surface area (Å²) in [4.78, 5) is 29.5. The maximum Gasteiger partial charge on any atom is 0.323 e. The molecule has 0 aliphatic carbocycles. The van der Waals surface area contributed by atoms with Gasteiger partial charge in [-0.25, -0.2) is 0 Å². The summed E-state index contributed by atoms with van der Waals surface area (Å²) in [5.41, 5.74) is 1.79. The number of esters is 1. The number of ether oxygens (including phenoxy) is 2. The predicted molar refractivity (Wildman–Crippen MR) is 110 cm³/mol. The van der Waals surface area contributed by atoms with Gasteiger partial charge in [0.05, 0.1) is 25.4 Å². The summed E-state index contributed by atoms with van der Waals surface area (Å²) in [6.07, 6.45) is 2.67. The summed E-state index contributed by atoms with van der Waals surface area (Å²) in [6, 6.07) is 17.0. The normalized spacial score (nSPS) is 21.8. The molecule has 6 nitrogen and oxygen atoms in total. The van der Waals surface area contributed by atoms with Crippen molar-refractivity contribution in [3.8, 4) is 5.75 Å². The van der Waals surface area contributed by atoms with Gasteiger partial charge in [-0.1, -0.05) is 48.9 Å². The summed E-state index contributed by atoms with van der Waals surface area (Å²) in [6.45, 7) is 1.29. The molecule has 1 saturated heterocycles. The molecule has 152 valence electrons. The lowest BCUT2D eigenvalue weighted by Crippen LogP contribution is -2.52. The van der Waals surface area contributed by atoms with E-state index < -0.39 is 0 Å². The number of rotatable bonds is 4. The van der Waals surface area contributed by atoms with Crippen molar-refractivity contribution in [2.75, 3.05) is 31.7 Å². The molecule has 4 rings (SSSR count). The standard InChI is InChI=1S/C23H26N2O4/c1-28-23(27)19-12-7-8-14-24(19)15-22(26)25-18-11-5-6-13-21(18)29-16-20(25)17-9-3-2-4-10-17/h2-6,9-11,13,19-20H,7-8,12,14-16H2,1H3/t19-,20-/m0/s1. The van der Waals surface area contributed by atoms with Crippen LogP contribution in [0.25, 0.3) is 0 Å². The van der Waals surface area contributed by atoms with Gasteiger partial charge in [-0.3, -0.25) is 19.4 Å². The van der Waals surface area contributed by atoms with Crippen LogP contribution >= 0.6 is 0 Å². The highest BCUT2D eigenvalue weighted by Gasteiger charge is 2.37. The van der Waals surface area contributed by atoms with Crippen molar-refractivity contribution in [2.24, 2.45) is 0 Å². The fourth-order valence-electron chi connectivity index (χ4n) is 4.25. The molecule has 2 aliphatic rings. The van der Waals surface area contributed by atoms with Gasteiger partial charge in [-0.15, -0.1) is 0 Å². The lowest BCUT2D eigenvalue weighted by atomic mass is 10.0. The number of carbonyl (C=O) groups excluding carboxylic acids is 2. The molecule has 29 heavy (non-hydrogen) atoms. The minimum Gasteiger partial charge on any atom is -0.489 e. The van der Waals surface area contributed by atoms with Crippen LogP contribution in [0.2, 0.25) is 0 Å². The van der Waals surface area contributed by atoms with Crippen molar-refractivity contribution in [2.45, 2.75) is 31.3 Å². The fraction of sp³-hybridized carbons (Fsp3) is 0.391. The molecule has 6 heteroatoms. The fourth-order valence-corrected chi connectivity index (χ4v) is 4.25. The number of nitrogens with zero attached hydrogens (tertiary/aromatic N) is 2. The number of methoxy groups -OCH3 is 1. The molecule has 0 aromatic heterocycles. The van der Waals surface area contributed by atoms with Gasteiger partial charge in [0.1, 0.15) is 18.4 Å². The van der Waals surface area contributed by atoms with Crippen molar-refractivity contribution in [3.63, 3.8) is 0 Å². The van der Waals surface area contributed by atoms with E-state index in [1.807, 2.05) is 64.4 Å². The Morgan fingerprint density at radius 3 is 2.62 bits per heavy atom. The van der Waals surface area contributed by atoms with E-state index in [-0.39, 0.29) is 30.5 Å². The molecule has 0 radical (unpaired) electrons. The van der Waals surface area contributed by atoms with Crippen LogP contribution in [0.1, 0.15) is 30.9 Å². The van der Waals surface area contributed by atoms with Crippen molar-refractivity contribution in [1.29, 1.82) is 0 Å². The topological polar surface area (TPSA) is 59.1 Å². The van der Waals surface area contributed by atoms with Crippen LogP contribution in [-0.4, -0.2) is 49.6 Å². The van der Waals surface area contributed by atoms with Gasteiger partial charge < -0.3 is 9.47 Å². The molecule has 2 heterocycles. The van der Waals surface area contributed by atoms with E-state index in [0.29, 0.717) is 18.9 Å². The molecule has 1 amide bonds. The Balaban J connectivity index is 1.63. The van der Waals surface area contributed by atoms with Crippen LogP contribution in [0, 0.1) is 0 Å². The first-order chi connectivity index (χ1) is 14.2. The van der Waals surface area contributed by atoms with Crippen molar-refractivity contribution in [3.05, 3.63) is 60.2 Å². The van der Waals surface area contributed by atoms with Gasteiger partial charge in [0.25, 0.3) is 0 Å². The summed E-state index contributed by atoms with van der Waals surface area (Å²) in [5, 5.41) is 0. The van der Waals surface area contributed by atoms with Gasteiger partial charge >= 0.3 is 5.97 Å². The van der Waals surface area contributed by atoms with Crippen LogP contribution in [0.5, 0.6) is 5.75 Å². The highest BCUT2D eigenvalue weighted by atomic mass is 16.5. The molecular formula is C23H26N2O4. The van der Waals surface area contributed by atoms with Crippen molar-refractivity contribution in [1.82, 2.24) is 4.90 Å². The average Bonchev–Trinajstić information content (AvgIpc) is 2.78. The average molecular weight is 394 g/mol. The van der Waals surface area contributed by atoms with E-state index >= 15 is 0 Å². The zero-order valence-corrected chi connectivity index (χ0v) is 16.6. The highest BCUT2D eigenvalue weighted by molar-refractivity contribution is 5.97. The third-order valence-corrected chi connectivity index (χ3v) is 5.71. The second-order valence-electron chi connectivity index (χ2n) is 7.47. The number of hydrogen-bond acceptors (Lipinski definition) is 5. The maximum atomic E-state index is 13.5. The van der Waals surface area contributed by atoms with Gasteiger partial charge in [-0.05, 0) is 37.1 Å². The Morgan fingerprint density at radius 2 is 1.83 bits per heavy atom. The monoisotopic (exact) mass is 394 g/mol. The molecule has 2 aromatic rings. The Bertz CT molecular complexity index is 870. The van der Waals surface area contributed by atoms with E-state index in [9.17, 15) is 9.59 Å². The zero-order chi connectivity index (χ0) is 20.2. The second kappa shape index (κ2) is 8.66. The molecule has 0 unspecified atom stereocenters. The van der Waals surface area contributed by atoms with Crippen molar-refractivity contribution < 1.29 is 19.1 Å². The first kappa shape index (κ1) is 19.5. The molecule has 0 bridgehead atoms. The zero-order valence-electron chi connectivity index (χ0n) is 16.6. The van der Waals surface area contributed by atoms with Crippen LogP contribution in [-0.2, 0) is 14.3 Å². The quantitative estimate of drug-likeness (QED) is 0.746. The van der Waals surface area contributed by atoms with Crippen LogP contribution in [0.3, 0.4) is 0 Å². The van der Waals surface area contributed by atoms with E-state index in [4.69, 9.17) is 9.47 Å². The molecule has 2 aromatic carbocycles. The van der Waals surface area contributed by atoms with E-state index in [2.05, 4.69) is 0 Å². The van der Waals surface area contributed by atoms with Gasteiger partial charge in [-0.2, -0.15) is 0 Å². The first-order valence-corrected chi connectivity index (χ1v) is 10.1. The number of fused-ring (bicyclic) bond motifs is 1. The first-order valence-electron chi connectivity index (χ1n) is 10.1. The van der Waals surface area contributed by atoms with Gasteiger partial charge in [0.2, 0.25) is 5.91 Å². The predicted octanol–water partition coefficient (Wildman–Crippen LogP) is 3.18. The second-order valence-corrected chi connectivity index (χ2v) is 7.47. The summed E-state index contributed by atoms with van der Waals surface area (Å²) in [5.74, 6) is 0.404. The lowest BCUT2D eigenvalue weighted by molar-refractivity contribution is -0.148. The number of anilines is 1. The molecule has 2 atom stereocenters.